The molecule has 0 saturated heterocycles. The van der Waals surface area contributed by atoms with Crippen LogP contribution in [0.2, 0.25) is 24.2 Å². The third kappa shape index (κ3) is 6.47. The second kappa shape index (κ2) is 11.5. The van der Waals surface area contributed by atoms with Gasteiger partial charge in [-0.1, -0.05) is 23.7 Å². The number of aromatic nitrogens is 3. The lowest BCUT2D eigenvalue weighted by molar-refractivity contribution is -0.122. The zero-order chi connectivity index (χ0) is 27.4. The second-order valence-corrected chi connectivity index (χ2v) is 14.1. The number of hydrogen-bond donors (Lipinski definition) is 3. The fraction of sp³-hybridized carbons (Fsp3) is 0.346. The molecular formula is C26H31ClN6O4Si. The lowest BCUT2D eigenvalue weighted by Gasteiger charge is -2.14. The Balaban J connectivity index is 1.61. The van der Waals surface area contributed by atoms with Crippen LogP contribution in [0.15, 0.2) is 47.5 Å². The van der Waals surface area contributed by atoms with E-state index in [1.807, 2.05) is 41.8 Å². The van der Waals surface area contributed by atoms with Crippen LogP contribution in [-0.2, 0) is 9.59 Å². The van der Waals surface area contributed by atoms with Crippen LogP contribution in [-0.4, -0.2) is 65.6 Å². The number of hydrogen-bond acceptors (Lipinski definition) is 7. The first-order valence-corrected chi connectivity index (χ1v) is 15.8. The van der Waals surface area contributed by atoms with Crippen LogP contribution >= 0.6 is 11.6 Å². The maximum absolute atomic E-state index is 13.0. The molecule has 1 aliphatic heterocycles. The highest BCUT2D eigenvalue weighted by Crippen LogP contribution is 2.34. The largest absolute Gasteiger partial charge is 0.497 e. The van der Waals surface area contributed by atoms with Crippen molar-refractivity contribution >= 4 is 37.4 Å². The van der Waals surface area contributed by atoms with Gasteiger partial charge >= 0.3 is 0 Å². The van der Waals surface area contributed by atoms with Crippen molar-refractivity contribution < 1.29 is 19.1 Å². The first-order chi connectivity index (χ1) is 18.1. The number of aryl methyl sites for hydroxylation is 1. The molecule has 2 amide bonds. The zero-order valence-electron chi connectivity index (χ0n) is 21.8. The lowest BCUT2D eigenvalue weighted by Crippen LogP contribution is -2.39. The number of benzene rings is 2. The van der Waals surface area contributed by atoms with Gasteiger partial charge in [-0.2, -0.15) is 0 Å². The standard InChI is InChI=1S/C26H31ClN6O4Si/c1-16-31-32-26-21(14-23(34)28-11-12-29-24(35)15-38(3,4)36)30-25(17-5-7-18(27)8-6-17)20-13-19(37-2)9-10-22(20)33(16)26/h5-10,13,21,36H,11-12,14-15H2,1-4H3,(H,28,34)(H,29,35)/t21-/m0/s1. The summed E-state index contributed by atoms with van der Waals surface area (Å²) in [7, 11) is -0.877. The maximum atomic E-state index is 13.0. The SMILES string of the molecule is COc1ccc2c(c1)C(c1ccc(Cl)cc1)=N[C@@H](CC(=O)NCCNC(=O)C[Si](C)(C)O)c1nnc(C)n1-2. The molecule has 38 heavy (non-hydrogen) atoms. The Morgan fingerprint density at radius 2 is 1.76 bits per heavy atom. The number of halogens is 1. The Morgan fingerprint density at radius 1 is 1.08 bits per heavy atom. The molecule has 0 fully saturated rings. The highest BCUT2D eigenvalue weighted by atomic mass is 35.5. The summed E-state index contributed by atoms with van der Waals surface area (Å²) in [6.45, 7) is 5.78. The van der Waals surface area contributed by atoms with Crippen LogP contribution in [0, 0.1) is 6.92 Å². The van der Waals surface area contributed by atoms with E-state index in [9.17, 15) is 14.4 Å². The van der Waals surface area contributed by atoms with Gasteiger partial charge in [0, 0.05) is 35.3 Å². The molecule has 2 heterocycles. The number of fused-ring (bicyclic) bond motifs is 3. The number of methoxy groups -OCH3 is 1. The van der Waals surface area contributed by atoms with Crippen molar-refractivity contribution in [1.29, 1.82) is 0 Å². The summed E-state index contributed by atoms with van der Waals surface area (Å²) in [5.41, 5.74) is 3.17. The second-order valence-electron chi connectivity index (χ2n) is 9.72. The minimum absolute atomic E-state index is 0.0326. The van der Waals surface area contributed by atoms with E-state index in [1.165, 1.54) is 0 Å². The van der Waals surface area contributed by atoms with Crippen molar-refractivity contribution in [3.05, 3.63) is 70.3 Å². The Bertz CT molecular complexity index is 1370. The van der Waals surface area contributed by atoms with E-state index < -0.39 is 14.4 Å². The molecule has 12 heteroatoms. The lowest BCUT2D eigenvalue weighted by atomic mass is 10.00. The first-order valence-electron chi connectivity index (χ1n) is 12.3. The van der Waals surface area contributed by atoms with Crippen molar-refractivity contribution in [3.63, 3.8) is 0 Å². The van der Waals surface area contributed by atoms with Gasteiger partial charge in [-0.3, -0.25) is 19.1 Å². The fourth-order valence-corrected chi connectivity index (χ4v) is 5.32. The number of nitrogens with one attached hydrogen (secondary N) is 2. The van der Waals surface area contributed by atoms with Crippen molar-refractivity contribution in [3.8, 4) is 11.4 Å². The third-order valence-electron chi connectivity index (χ3n) is 5.99. The summed E-state index contributed by atoms with van der Waals surface area (Å²) < 4.78 is 7.41. The summed E-state index contributed by atoms with van der Waals surface area (Å²) >= 11 is 6.14. The Kier molecular flexibility index (Phi) is 8.29. The zero-order valence-corrected chi connectivity index (χ0v) is 23.5. The van der Waals surface area contributed by atoms with Gasteiger partial charge in [0.2, 0.25) is 11.8 Å². The van der Waals surface area contributed by atoms with E-state index in [-0.39, 0.29) is 37.4 Å². The Labute approximate surface area is 227 Å². The first kappa shape index (κ1) is 27.5. The number of rotatable bonds is 9. The number of nitrogens with zero attached hydrogens (tertiary/aromatic N) is 4. The molecule has 0 saturated carbocycles. The molecule has 2 aromatic carbocycles. The molecule has 3 aromatic rings. The predicted molar refractivity (Wildman–Crippen MR) is 148 cm³/mol. The number of aliphatic imine (C=N–C) groups is 1. The highest BCUT2D eigenvalue weighted by Gasteiger charge is 2.30. The van der Waals surface area contributed by atoms with E-state index in [4.69, 9.17) is 21.3 Å². The smallest absolute Gasteiger partial charge is 0.222 e. The molecule has 200 valence electrons. The van der Waals surface area contributed by atoms with Gasteiger partial charge < -0.3 is 20.2 Å². The van der Waals surface area contributed by atoms with E-state index in [0.29, 0.717) is 28.1 Å². The monoisotopic (exact) mass is 554 g/mol. The molecule has 4 rings (SSSR count). The molecule has 3 N–H and O–H groups in total. The Morgan fingerprint density at radius 3 is 2.42 bits per heavy atom. The number of ether oxygens (including phenoxy) is 1. The summed E-state index contributed by atoms with van der Waals surface area (Å²) in [6, 6.07) is 12.6. The summed E-state index contributed by atoms with van der Waals surface area (Å²) in [4.78, 5) is 39.8. The van der Waals surface area contributed by atoms with E-state index in [2.05, 4.69) is 20.8 Å². The van der Waals surface area contributed by atoms with Gasteiger partial charge in [-0.05, 0) is 50.3 Å². The van der Waals surface area contributed by atoms with E-state index >= 15 is 0 Å². The maximum Gasteiger partial charge on any atom is 0.222 e. The average Bonchev–Trinajstić information content (AvgIpc) is 3.18. The Hall–Kier alpha value is -3.54. The average molecular weight is 555 g/mol. The third-order valence-corrected chi connectivity index (χ3v) is 7.43. The molecule has 1 atom stereocenters. The summed E-state index contributed by atoms with van der Waals surface area (Å²) in [5.74, 6) is 1.43. The minimum atomic E-state index is -2.48. The molecular weight excluding hydrogens is 524 g/mol. The van der Waals surface area contributed by atoms with Crippen molar-refractivity contribution in [1.82, 2.24) is 25.4 Å². The number of amides is 2. The van der Waals surface area contributed by atoms with Crippen molar-refractivity contribution in [2.75, 3.05) is 20.2 Å². The molecule has 0 bridgehead atoms. The molecule has 0 spiro atoms. The van der Waals surface area contributed by atoms with Gasteiger partial charge in [-0.25, -0.2) is 0 Å². The van der Waals surface area contributed by atoms with Gasteiger partial charge in [-0.15, -0.1) is 10.2 Å². The van der Waals surface area contributed by atoms with Gasteiger partial charge in [0.15, 0.2) is 14.1 Å². The van der Waals surface area contributed by atoms with Crippen LogP contribution in [0.5, 0.6) is 5.75 Å². The number of carbonyl (C=O) groups excluding carboxylic acids is 2. The molecule has 1 aliphatic rings. The van der Waals surface area contributed by atoms with Crippen LogP contribution < -0.4 is 15.4 Å². The quantitative estimate of drug-likeness (QED) is 0.275. The van der Waals surface area contributed by atoms with Gasteiger partial charge in [0.05, 0.1) is 24.9 Å². The van der Waals surface area contributed by atoms with Crippen LogP contribution in [0.25, 0.3) is 5.69 Å². The molecule has 10 nitrogen and oxygen atoms in total. The van der Waals surface area contributed by atoms with Crippen LogP contribution in [0.3, 0.4) is 0 Å². The highest BCUT2D eigenvalue weighted by molar-refractivity contribution is 6.72. The predicted octanol–water partition coefficient (Wildman–Crippen LogP) is 2.95. The normalized spacial score (nSPS) is 14.6. The van der Waals surface area contributed by atoms with Gasteiger partial charge in [0.1, 0.15) is 17.6 Å². The van der Waals surface area contributed by atoms with E-state index in [0.717, 1.165) is 16.8 Å². The van der Waals surface area contributed by atoms with Crippen molar-refractivity contribution in [2.24, 2.45) is 4.99 Å². The van der Waals surface area contributed by atoms with Gasteiger partial charge in [0.25, 0.3) is 0 Å². The molecule has 0 aliphatic carbocycles. The summed E-state index contributed by atoms with van der Waals surface area (Å²) in [6.07, 6.45) is 0.0326. The van der Waals surface area contributed by atoms with Crippen molar-refractivity contribution in [2.45, 2.75) is 38.5 Å². The van der Waals surface area contributed by atoms with Crippen LogP contribution in [0.1, 0.15) is 35.2 Å². The molecule has 0 unspecified atom stereocenters. The molecule has 0 radical (unpaired) electrons. The minimum Gasteiger partial charge on any atom is -0.497 e. The van der Waals surface area contributed by atoms with E-state index in [1.54, 1.807) is 32.3 Å². The topological polar surface area (TPSA) is 131 Å². The van der Waals surface area contributed by atoms with Crippen LogP contribution in [0.4, 0.5) is 0 Å². The summed E-state index contributed by atoms with van der Waals surface area (Å²) in [5, 5.41) is 14.8. The fourth-order valence-electron chi connectivity index (χ4n) is 4.28. The molecule has 1 aromatic heterocycles. The number of carbonyl (C=O) groups is 2.